The fraction of sp³-hybridized carbons (Fsp3) is 0.0455. The fourth-order valence-corrected chi connectivity index (χ4v) is 4.32. The molecule has 0 bridgehead atoms. The van der Waals surface area contributed by atoms with Gasteiger partial charge in [-0.05, 0) is 55.0 Å². The highest BCUT2D eigenvalue weighted by molar-refractivity contribution is 7.87. The summed E-state index contributed by atoms with van der Waals surface area (Å²) in [6.45, 7) is 1.85. The molecule has 0 unspecified atom stereocenters. The number of rotatable bonds is 5. The standard InChI is InChI=1S/C22H14Cl3NO3S/c1-14-2-6-18(7-3-14)30(27,28)29-22-9-4-15(11-21(22)25)10-16(13-26)19-8-5-17(23)12-20(19)24/h2-12H,1H3/b16-10+. The van der Waals surface area contributed by atoms with Gasteiger partial charge in [0.2, 0.25) is 0 Å². The average molecular weight is 479 g/mol. The van der Waals surface area contributed by atoms with Crippen molar-refractivity contribution in [1.29, 1.82) is 5.26 Å². The molecule has 0 saturated carbocycles. The zero-order valence-corrected chi connectivity index (χ0v) is 18.6. The first kappa shape index (κ1) is 22.2. The van der Waals surface area contributed by atoms with Gasteiger partial charge in [0, 0.05) is 10.6 Å². The molecular formula is C22H14Cl3NO3S. The minimum atomic E-state index is -4.03. The summed E-state index contributed by atoms with van der Waals surface area (Å²) in [6.07, 6.45) is 1.58. The van der Waals surface area contributed by atoms with E-state index in [4.69, 9.17) is 39.0 Å². The Morgan fingerprint density at radius 1 is 0.967 bits per heavy atom. The summed E-state index contributed by atoms with van der Waals surface area (Å²) < 4.78 is 30.1. The summed E-state index contributed by atoms with van der Waals surface area (Å²) in [5.74, 6) is -0.0163. The van der Waals surface area contributed by atoms with Gasteiger partial charge < -0.3 is 4.18 Å². The molecule has 8 heteroatoms. The van der Waals surface area contributed by atoms with Gasteiger partial charge in [0.25, 0.3) is 0 Å². The van der Waals surface area contributed by atoms with Crippen molar-refractivity contribution in [2.24, 2.45) is 0 Å². The number of benzene rings is 3. The summed E-state index contributed by atoms with van der Waals surface area (Å²) in [5, 5.41) is 10.4. The molecule has 0 N–H and O–H groups in total. The van der Waals surface area contributed by atoms with E-state index < -0.39 is 10.1 Å². The molecule has 0 atom stereocenters. The summed E-state index contributed by atoms with van der Waals surface area (Å²) in [6, 6.07) is 17.7. The smallest absolute Gasteiger partial charge is 0.339 e. The first-order valence-electron chi connectivity index (χ1n) is 8.57. The van der Waals surface area contributed by atoms with Gasteiger partial charge >= 0.3 is 10.1 Å². The number of halogens is 3. The maximum Gasteiger partial charge on any atom is 0.339 e. The van der Waals surface area contributed by atoms with Crippen LogP contribution in [0.2, 0.25) is 15.1 Å². The molecule has 0 spiro atoms. The third-order valence-corrected chi connectivity index (χ3v) is 6.21. The maximum absolute atomic E-state index is 12.5. The Kier molecular flexibility index (Phi) is 6.74. The highest BCUT2D eigenvalue weighted by Gasteiger charge is 2.18. The number of hydrogen-bond acceptors (Lipinski definition) is 4. The largest absolute Gasteiger partial charge is 0.377 e. The minimum Gasteiger partial charge on any atom is -0.377 e. The fourth-order valence-electron chi connectivity index (χ4n) is 2.59. The molecule has 4 nitrogen and oxygen atoms in total. The van der Waals surface area contributed by atoms with Crippen LogP contribution in [0.3, 0.4) is 0 Å². The molecule has 0 aromatic heterocycles. The SMILES string of the molecule is Cc1ccc(S(=O)(=O)Oc2ccc(/C=C(\C#N)c3ccc(Cl)cc3Cl)cc2Cl)cc1. The van der Waals surface area contributed by atoms with Crippen molar-refractivity contribution in [3.63, 3.8) is 0 Å². The zero-order chi connectivity index (χ0) is 21.9. The molecule has 0 aliphatic rings. The Morgan fingerprint density at radius 3 is 2.27 bits per heavy atom. The molecule has 3 aromatic rings. The number of hydrogen-bond donors (Lipinski definition) is 0. The van der Waals surface area contributed by atoms with Gasteiger partial charge in [-0.2, -0.15) is 13.7 Å². The summed E-state index contributed by atoms with van der Waals surface area (Å²) in [4.78, 5) is 0.0253. The van der Waals surface area contributed by atoms with Gasteiger partial charge in [0.05, 0.1) is 21.7 Å². The predicted molar refractivity (Wildman–Crippen MR) is 120 cm³/mol. The number of nitrogens with zero attached hydrogens (tertiary/aromatic N) is 1. The van der Waals surface area contributed by atoms with Crippen LogP contribution in [0.4, 0.5) is 0 Å². The van der Waals surface area contributed by atoms with E-state index in [1.807, 2.05) is 6.92 Å². The van der Waals surface area contributed by atoms with Gasteiger partial charge in [-0.25, -0.2) is 0 Å². The second kappa shape index (κ2) is 9.11. The molecule has 0 fully saturated rings. The lowest BCUT2D eigenvalue weighted by atomic mass is 10.0. The van der Waals surface area contributed by atoms with Gasteiger partial charge in [-0.1, -0.05) is 64.6 Å². The molecule has 152 valence electrons. The van der Waals surface area contributed by atoms with Crippen LogP contribution >= 0.6 is 34.8 Å². The zero-order valence-electron chi connectivity index (χ0n) is 15.6. The van der Waals surface area contributed by atoms with Crippen molar-refractivity contribution in [2.75, 3.05) is 0 Å². The van der Waals surface area contributed by atoms with Crippen LogP contribution in [0.25, 0.3) is 11.6 Å². The van der Waals surface area contributed by atoms with Crippen molar-refractivity contribution >= 4 is 56.6 Å². The van der Waals surface area contributed by atoms with Crippen molar-refractivity contribution in [3.05, 3.63) is 92.4 Å². The summed E-state index contributed by atoms with van der Waals surface area (Å²) in [7, 11) is -4.03. The van der Waals surface area contributed by atoms with E-state index in [-0.39, 0.29) is 15.7 Å². The lowest BCUT2D eigenvalue weighted by Gasteiger charge is -2.10. The van der Waals surface area contributed by atoms with Gasteiger partial charge in [0.15, 0.2) is 5.75 Å². The Balaban J connectivity index is 1.90. The molecular weight excluding hydrogens is 465 g/mol. The van der Waals surface area contributed by atoms with Crippen LogP contribution in [0.1, 0.15) is 16.7 Å². The second-order valence-electron chi connectivity index (χ2n) is 6.33. The molecule has 0 amide bonds. The molecule has 3 aromatic carbocycles. The topological polar surface area (TPSA) is 67.2 Å². The van der Waals surface area contributed by atoms with Crippen molar-refractivity contribution in [3.8, 4) is 11.8 Å². The minimum absolute atomic E-state index is 0.0163. The van der Waals surface area contributed by atoms with Crippen LogP contribution in [-0.2, 0) is 10.1 Å². The molecule has 30 heavy (non-hydrogen) atoms. The van der Waals surface area contributed by atoms with Crippen LogP contribution in [-0.4, -0.2) is 8.42 Å². The Labute approximate surface area is 190 Å². The molecule has 0 heterocycles. The summed E-state index contributed by atoms with van der Waals surface area (Å²) in [5.41, 5.74) is 2.32. The lowest BCUT2D eigenvalue weighted by molar-refractivity contribution is 0.486. The van der Waals surface area contributed by atoms with E-state index in [9.17, 15) is 13.7 Å². The van der Waals surface area contributed by atoms with E-state index in [0.717, 1.165) is 5.56 Å². The van der Waals surface area contributed by atoms with Crippen LogP contribution in [0.5, 0.6) is 5.75 Å². The monoisotopic (exact) mass is 477 g/mol. The Morgan fingerprint density at radius 2 is 1.67 bits per heavy atom. The van der Waals surface area contributed by atoms with Crippen molar-refractivity contribution in [1.82, 2.24) is 0 Å². The first-order valence-corrected chi connectivity index (χ1v) is 11.1. The lowest BCUT2D eigenvalue weighted by Crippen LogP contribution is -2.10. The van der Waals surface area contributed by atoms with E-state index in [1.54, 1.807) is 42.5 Å². The Bertz CT molecular complexity index is 1280. The van der Waals surface area contributed by atoms with E-state index in [2.05, 4.69) is 6.07 Å². The molecule has 0 saturated heterocycles. The molecule has 3 rings (SSSR count). The van der Waals surface area contributed by atoms with Gasteiger partial charge in [-0.3, -0.25) is 0 Å². The second-order valence-corrected chi connectivity index (χ2v) is 9.13. The van der Waals surface area contributed by atoms with Crippen molar-refractivity contribution in [2.45, 2.75) is 11.8 Å². The van der Waals surface area contributed by atoms with Crippen LogP contribution < -0.4 is 4.18 Å². The highest BCUT2D eigenvalue weighted by atomic mass is 35.5. The number of allylic oxidation sites excluding steroid dienone is 1. The van der Waals surface area contributed by atoms with Crippen LogP contribution in [0, 0.1) is 18.3 Å². The Hall–Kier alpha value is -2.49. The normalized spacial score (nSPS) is 11.8. The van der Waals surface area contributed by atoms with Gasteiger partial charge in [-0.15, -0.1) is 0 Å². The first-order chi connectivity index (χ1) is 14.2. The highest BCUT2D eigenvalue weighted by Crippen LogP contribution is 2.32. The van der Waals surface area contributed by atoms with Gasteiger partial charge in [0.1, 0.15) is 4.90 Å². The molecule has 0 aliphatic heterocycles. The summed E-state index contributed by atoms with van der Waals surface area (Å²) >= 11 is 18.3. The predicted octanol–water partition coefficient (Wildman–Crippen LogP) is 6.79. The van der Waals surface area contributed by atoms with Crippen molar-refractivity contribution < 1.29 is 12.6 Å². The maximum atomic E-state index is 12.5. The van der Waals surface area contributed by atoms with E-state index in [0.29, 0.717) is 26.7 Å². The number of nitriles is 1. The quantitative estimate of drug-likeness (QED) is 0.230. The third-order valence-electron chi connectivity index (χ3n) is 4.12. The van der Waals surface area contributed by atoms with E-state index in [1.165, 1.54) is 24.3 Å². The average Bonchev–Trinajstić information content (AvgIpc) is 2.69. The molecule has 0 aliphatic carbocycles. The number of aryl methyl sites for hydroxylation is 1. The van der Waals surface area contributed by atoms with E-state index >= 15 is 0 Å². The van der Waals surface area contributed by atoms with Crippen LogP contribution in [0.15, 0.2) is 65.6 Å². The molecule has 0 radical (unpaired) electrons. The third kappa shape index (κ3) is 5.16.